The summed E-state index contributed by atoms with van der Waals surface area (Å²) in [7, 11) is 1.57. The third-order valence-corrected chi connectivity index (χ3v) is 5.61. The van der Waals surface area contributed by atoms with Crippen LogP contribution in [0.25, 0.3) is 0 Å². The molecule has 0 radical (unpaired) electrons. The van der Waals surface area contributed by atoms with Crippen molar-refractivity contribution in [3.63, 3.8) is 0 Å². The van der Waals surface area contributed by atoms with Crippen LogP contribution < -0.4 is 15.4 Å². The van der Waals surface area contributed by atoms with Crippen molar-refractivity contribution >= 4 is 23.5 Å². The Kier molecular flexibility index (Phi) is 6.13. The van der Waals surface area contributed by atoms with Crippen LogP contribution in [0.4, 0.5) is 10.5 Å². The smallest absolute Gasteiger partial charge is 0.327 e. The number of fused-ring (bicyclic) bond motifs is 1. The minimum absolute atomic E-state index is 0.131. The van der Waals surface area contributed by atoms with Gasteiger partial charge in [-0.05, 0) is 61.3 Å². The molecule has 0 saturated carbocycles. The van der Waals surface area contributed by atoms with Crippen LogP contribution >= 0.6 is 0 Å². The lowest BCUT2D eigenvalue weighted by Crippen LogP contribution is -2.70. The number of carbonyl (C=O) groups excluding carboxylic acids is 3. The van der Waals surface area contributed by atoms with Gasteiger partial charge in [0.2, 0.25) is 11.8 Å². The Morgan fingerprint density at radius 3 is 2.65 bits per heavy atom. The molecule has 1 aromatic heterocycles. The van der Waals surface area contributed by atoms with Gasteiger partial charge in [-0.3, -0.25) is 19.5 Å². The second-order valence-corrected chi connectivity index (χ2v) is 7.61. The zero-order valence-electron chi connectivity index (χ0n) is 17.3. The van der Waals surface area contributed by atoms with Gasteiger partial charge in [0.15, 0.2) is 0 Å². The van der Waals surface area contributed by atoms with Crippen molar-refractivity contribution in [3.8, 4) is 5.75 Å². The van der Waals surface area contributed by atoms with Crippen molar-refractivity contribution in [1.29, 1.82) is 0 Å². The van der Waals surface area contributed by atoms with Crippen LogP contribution in [0.3, 0.4) is 0 Å². The number of pyridine rings is 1. The highest BCUT2D eigenvalue weighted by Gasteiger charge is 2.47. The van der Waals surface area contributed by atoms with Crippen molar-refractivity contribution in [3.05, 3.63) is 54.4 Å². The predicted octanol–water partition coefficient (Wildman–Crippen LogP) is 1.61. The Bertz CT molecular complexity index is 950. The number of amides is 4. The number of hydrogen-bond donors (Lipinski definition) is 2. The summed E-state index contributed by atoms with van der Waals surface area (Å²) < 4.78 is 5.13. The number of rotatable bonds is 6. The number of piperidine rings is 1. The molecule has 1 aromatic carbocycles. The highest BCUT2D eigenvalue weighted by molar-refractivity contribution is 6.02. The second kappa shape index (κ2) is 9.13. The molecule has 2 aliphatic rings. The molecule has 162 valence electrons. The van der Waals surface area contributed by atoms with Gasteiger partial charge in [0.25, 0.3) is 0 Å². The molecule has 2 N–H and O–H groups in total. The fourth-order valence-corrected chi connectivity index (χ4v) is 4.05. The number of imide groups is 1. The summed E-state index contributed by atoms with van der Waals surface area (Å²) >= 11 is 0. The monoisotopic (exact) mass is 423 g/mol. The Morgan fingerprint density at radius 1 is 1.19 bits per heavy atom. The number of urea groups is 1. The average molecular weight is 423 g/mol. The fraction of sp³-hybridized carbons (Fsp3) is 0.364. The van der Waals surface area contributed by atoms with Crippen LogP contribution in [0, 0.1) is 0 Å². The molecule has 0 spiro atoms. The van der Waals surface area contributed by atoms with Crippen molar-refractivity contribution < 1.29 is 19.1 Å². The minimum Gasteiger partial charge on any atom is -0.497 e. The number of aromatic nitrogens is 1. The molecule has 2 aliphatic heterocycles. The maximum absolute atomic E-state index is 13.3. The zero-order valence-corrected chi connectivity index (χ0v) is 17.3. The van der Waals surface area contributed by atoms with Crippen LogP contribution in [0.1, 0.15) is 18.4 Å². The van der Waals surface area contributed by atoms with E-state index in [9.17, 15) is 14.4 Å². The third kappa shape index (κ3) is 4.51. The summed E-state index contributed by atoms with van der Waals surface area (Å²) in [6.07, 6.45) is 4.75. The van der Waals surface area contributed by atoms with E-state index in [1.165, 1.54) is 9.80 Å². The van der Waals surface area contributed by atoms with Crippen LogP contribution in [0.15, 0.2) is 48.8 Å². The SMILES string of the molecule is COc1ccc(NC(=O)CN2C(=O)N(Cc3ccncc3)C(=O)C3NCCCC32)cc1. The number of carbonyl (C=O) groups is 3. The van der Waals surface area contributed by atoms with E-state index in [1.807, 2.05) is 0 Å². The van der Waals surface area contributed by atoms with Gasteiger partial charge in [-0.15, -0.1) is 0 Å². The largest absolute Gasteiger partial charge is 0.497 e. The summed E-state index contributed by atoms with van der Waals surface area (Å²) in [6.45, 7) is 0.714. The lowest BCUT2D eigenvalue weighted by Gasteiger charge is -2.46. The van der Waals surface area contributed by atoms with Gasteiger partial charge < -0.3 is 20.3 Å². The summed E-state index contributed by atoms with van der Waals surface area (Å²) in [5.41, 5.74) is 1.41. The van der Waals surface area contributed by atoms with Crippen molar-refractivity contribution in [2.75, 3.05) is 25.5 Å². The summed E-state index contributed by atoms with van der Waals surface area (Å²) in [5.74, 6) is 0.116. The molecule has 3 heterocycles. The number of nitrogens with one attached hydrogen (secondary N) is 2. The van der Waals surface area contributed by atoms with E-state index < -0.39 is 12.1 Å². The topological polar surface area (TPSA) is 104 Å². The van der Waals surface area contributed by atoms with Crippen molar-refractivity contribution in [1.82, 2.24) is 20.1 Å². The summed E-state index contributed by atoms with van der Waals surface area (Å²) in [6, 6.07) is 9.19. The lowest BCUT2D eigenvalue weighted by molar-refractivity contribution is -0.138. The Balaban J connectivity index is 1.51. The average Bonchev–Trinajstić information content (AvgIpc) is 2.80. The summed E-state index contributed by atoms with van der Waals surface area (Å²) in [4.78, 5) is 45.7. The zero-order chi connectivity index (χ0) is 21.8. The van der Waals surface area contributed by atoms with Crippen LogP contribution in [0.2, 0.25) is 0 Å². The molecular weight excluding hydrogens is 398 g/mol. The van der Waals surface area contributed by atoms with E-state index in [4.69, 9.17) is 4.74 Å². The Morgan fingerprint density at radius 2 is 1.94 bits per heavy atom. The van der Waals surface area contributed by atoms with E-state index in [2.05, 4.69) is 15.6 Å². The second-order valence-electron chi connectivity index (χ2n) is 7.61. The first-order valence-electron chi connectivity index (χ1n) is 10.2. The van der Waals surface area contributed by atoms with Gasteiger partial charge in [0.05, 0.1) is 19.7 Å². The number of nitrogens with zero attached hydrogens (tertiary/aromatic N) is 3. The van der Waals surface area contributed by atoms with E-state index in [1.54, 1.807) is 55.9 Å². The first kappa shape index (κ1) is 20.8. The molecular formula is C22H25N5O4. The maximum atomic E-state index is 13.3. The number of anilines is 1. The van der Waals surface area contributed by atoms with Gasteiger partial charge in [-0.25, -0.2) is 4.79 Å². The molecule has 2 aromatic rings. The first-order valence-corrected chi connectivity index (χ1v) is 10.2. The van der Waals surface area contributed by atoms with E-state index in [-0.39, 0.29) is 30.9 Å². The third-order valence-electron chi connectivity index (χ3n) is 5.61. The van der Waals surface area contributed by atoms with Crippen LogP contribution in [0.5, 0.6) is 5.75 Å². The van der Waals surface area contributed by atoms with Crippen LogP contribution in [-0.2, 0) is 16.1 Å². The minimum atomic E-state index is -0.512. The number of ether oxygens (including phenoxy) is 1. The lowest BCUT2D eigenvalue weighted by atomic mass is 9.93. The van der Waals surface area contributed by atoms with Crippen LogP contribution in [-0.4, -0.2) is 64.9 Å². The molecule has 4 amide bonds. The quantitative estimate of drug-likeness (QED) is 0.732. The molecule has 9 heteroatoms. The standard InChI is InChI=1S/C22H25N5O4/c1-31-17-6-4-16(5-7-17)25-19(28)14-26-18-3-2-10-24-20(18)21(29)27(22(26)30)13-15-8-11-23-12-9-15/h4-9,11-12,18,20,24H,2-3,10,13-14H2,1H3,(H,25,28). The molecule has 2 fully saturated rings. The van der Waals surface area contributed by atoms with E-state index in [0.717, 1.165) is 12.0 Å². The fourth-order valence-electron chi connectivity index (χ4n) is 4.05. The van der Waals surface area contributed by atoms with Crippen molar-refractivity contribution in [2.45, 2.75) is 31.5 Å². The van der Waals surface area contributed by atoms with Gasteiger partial charge in [-0.2, -0.15) is 0 Å². The highest BCUT2D eigenvalue weighted by Crippen LogP contribution is 2.26. The van der Waals surface area contributed by atoms with Gasteiger partial charge in [0.1, 0.15) is 18.3 Å². The van der Waals surface area contributed by atoms with Gasteiger partial charge in [-0.1, -0.05) is 0 Å². The van der Waals surface area contributed by atoms with Gasteiger partial charge >= 0.3 is 6.03 Å². The molecule has 31 heavy (non-hydrogen) atoms. The normalized spacial score (nSPS) is 20.9. The van der Waals surface area contributed by atoms with E-state index in [0.29, 0.717) is 24.4 Å². The molecule has 0 aliphatic carbocycles. The van der Waals surface area contributed by atoms with Gasteiger partial charge in [0, 0.05) is 18.1 Å². The number of hydrogen-bond acceptors (Lipinski definition) is 6. The molecule has 2 unspecified atom stereocenters. The predicted molar refractivity (Wildman–Crippen MR) is 113 cm³/mol. The van der Waals surface area contributed by atoms with Crippen molar-refractivity contribution in [2.24, 2.45) is 0 Å². The molecule has 4 rings (SSSR count). The maximum Gasteiger partial charge on any atom is 0.327 e. The molecule has 0 bridgehead atoms. The molecule has 9 nitrogen and oxygen atoms in total. The molecule has 2 saturated heterocycles. The number of benzene rings is 1. The highest BCUT2D eigenvalue weighted by atomic mass is 16.5. The Hall–Kier alpha value is -3.46. The molecule has 2 atom stereocenters. The van der Waals surface area contributed by atoms with E-state index >= 15 is 0 Å². The first-order chi connectivity index (χ1) is 15.1. The number of methoxy groups -OCH3 is 1. The summed E-state index contributed by atoms with van der Waals surface area (Å²) in [5, 5.41) is 6.04. The Labute approximate surface area is 180 Å².